The van der Waals surface area contributed by atoms with Crippen LogP contribution in [0.4, 0.5) is 0 Å². The monoisotopic (exact) mass is 661 g/mol. The first-order valence-corrected chi connectivity index (χ1v) is 12.9. The Morgan fingerprint density at radius 3 is 1.24 bits per heavy atom. The maximum atomic E-state index is 11.2. The normalized spacial score (nSPS) is 12.1. The fourth-order valence-corrected chi connectivity index (χ4v) is 1.75. The third-order valence-corrected chi connectivity index (χ3v) is 4.07. The van der Waals surface area contributed by atoms with Gasteiger partial charge in [-0.3, -0.25) is 24.0 Å². The largest absolute Gasteiger partial charge is 1.00 e. The number of hydrogen-bond acceptors (Lipinski definition) is 11. The fourth-order valence-electron chi connectivity index (χ4n) is 1.34. The molecule has 15 nitrogen and oxygen atoms in total. The van der Waals surface area contributed by atoms with Gasteiger partial charge in [0.1, 0.15) is 24.2 Å². The first kappa shape index (κ1) is 51.3. The van der Waals surface area contributed by atoms with Crippen molar-refractivity contribution in [3.05, 3.63) is 0 Å². The Morgan fingerprint density at radius 1 is 0.676 bits per heavy atom. The summed E-state index contributed by atoms with van der Waals surface area (Å²) in [6.07, 6.45) is -0.400. The van der Waals surface area contributed by atoms with Crippen LogP contribution >= 0.6 is 43.1 Å². The SMILES string of the molecule is N[C@@H](CCC(=O)N[C@@H](CS)C(=O)O)C(=O)O.N[C@@H](CCC(=O)O)C(=O)O.N[C@@H](CS)C(=O)O.[K+].[K+].[PH-]P. The summed E-state index contributed by atoms with van der Waals surface area (Å²) >= 11 is 7.41. The van der Waals surface area contributed by atoms with E-state index in [-0.39, 0.29) is 140 Å². The number of aliphatic carboxylic acids is 5. The summed E-state index contributed by atoms with van der Waals surface area (Å²) in [4.78, 5) is 61.7. The summed E-state index contributed by atoms with van der Waals surface area (Å²) in [6, 6.07) is -4.07. The molecule has 0 fully saturated rings. The molecule has 0 rings (SSSR count). The van der Waals surface area contributed by atoms with E-state index < -0.39 is 59.9 Å². The Bertz CT molecular complexity index is 689. The van der Waals surface area contributed by atoms with Crippen molar-refractivity contribution in [1.82, 2.24) is 5.32 Å². The topological polar surface area (TPSA) is 294 Å². The van der Waals surface area contributed by atoms with Crippen LogP contribution in [0, 0.1) is 0 Å². The molecule has 1 amide bonds. The van der Waals surface area contributed by atoms with Gasteiger partial charge in [-0.05, 0) is 12.8 Å². The summed E-state index contributed by atoms with van der Waals surface area (Å²) in [5.74, 6) is -5.99. The molecule has 0 aliphatic carbocycles. The minimum atomic E-state index is -1.20. The van der Waals surface area contributed by atoms with Crippen molar-refractivity contribution in [3.8, 4) is 0 Å². The van der Waals surface area contributed by atoms with E-state index in [1.165, 1.54) is 0 Å². The van der Waals surface area contributed by atoms with Crippen LogP contribution in [0.3, 0.4) is 0 Å². The third-order valence-electron chi connectivity index (χ3n) is 3.32. The van der Waals surface area contributed by atoms with Crippen molar-refractivity contribution < 1.29 is 157 Å². The molecule has 0 bridgehead atoms. The molecule has 0 aromatic rings. The van der Waals surface area contributed by atoms with E-state index >= 15 is 0 Å². The molecule has 5 atom stereocenters. The molecule has 206 valence electrons. The van der Waals surface area contributed by atoms with Crippen LogP contribution in [0.1, 0.15) is 25.7 Å². The molecule has 0 aliphatic heterocycles. The number of thiol groups is 2. The summed E-state index contributed by atoms with van der Waals surface area (Å²) in [5.41, 5.74) is 15.1. The maximum Gasteiger partial charge on any atom is 1.00 e. The molecule has 21 heteroatoms. The van der Waals surface area contributed by atoms with Crippen molar-refractivity contribution in [1.29, 1.82) is 0 Å². The average Bonchev–Trinajstić information content (AvgIpc) is 2.80. The minimum Gasteiger partial charge on any atom is -0.533 e. The van der Waals surface area contributed by atoms with Crippen molar-refractivity contribution >= 4 is 78.9 Å². The zero-order valence-electron chi connectivity index (χ0n) is 20.4. The molecule has 0 aromatic carbocycles. The zero-order valence-corrected chi connectivity index (χ0v) is 30.6. The van der Waals surface area contributed by atoms with Crippen molar-refractivity contribution in [2.24, 2.45) is 17.2 Å². The van der Waals surface area contributed by atoms with Gasteiger partial charge in [0, 0.05) is 24.3 Å². The molecule has 0 aromatic heterocycles. The number of carboxylic acids is 5. The first-order valence-electron chi connectivity index (χ1n) is 9.30. The van der Waals surface area contributed by atoms with Gasteiger partial charge in [-0.1, -0.05) is 0 Å². The average molecular weight is 662 g/mol. The van der Waals surface area contributed by atoms with Crippen LogP contribution in [0.25, 0.3) is 0 Å². The number of hydrogen-bond donors (Lipinski definition) is 11. The van der Waals surface area contributed by atoms with Crippen molar-refractivity contribution in [2.45, 2.75) is 49.9 Å². The summed E-state index contributed by atoms with van der Waals surface area (Å²) in [6.45, 7) is 0. The second-order valence-corrected chi connectivity index (χ2v) is 6.86. The Labute approximate surface area is 314 Å². The van der Waals surface area contributed by atoms with Crippen LogP contribution in [-0.2, 0) is 28.8 Å². The van der Waals surface area contributed by atoms with E-state index in [1.54, 1.807) is 0 Å². The fraction of sp³-hybridized carbons (Fsp3) is 0.625. The van der Waals surface area contributed by atoms with Crippen LogP contribution < -0.4 is 125 Å². The number of amides is 1. The Hall–Kier alpha value is 1.53. The Kier molecular flexibility index (Phi) is 46.8. The van der Waals surface area contributed by atoms with Crippen LogP contribution in [-0.4, -0.2) is 97.0 Å². The molecule has 37 heavy (non-hydrogen) atoms. The molecule has 1 unspecified atom stereocenters. The van der Waals surface area contributed by atoms with Gasteiger partial charge in [0.25, 0.3) is 0 Å². The number of rotatable bonds is 13. The van der Waals surface area contributed by atoms with E-state index in [0.29, 0.717) is 0 Å². The van der Waals surface area contributed by atoms with Crippen LogP contribution in [0.2, 0.25) is 0 Å². The van der Waals surface area contributed by atoms with Crippen molar-refractivity contribution in [3.63, 3.8) is 0 Å². The van der Waals surface area contributed by atoms with Gasteiger partial charge in [-0.15, -0.1) is 0 Å². The smallest absolute Gasteiger partial charge is 0.533 e. The molecule has 0 heterocycles. The molecule has 0 saturated carbocycles. The number of nitrogens with two attached hydrogens (primary N) is 3. The quantitative estimate of drug-likeness (QED) is 0.0497. The Morgan fingerprint density at radius 2 is 1.03 bits per heavy atom. The molecular formula is C16H33K2N4O11P2S2+. The van der Waals surface area contributed by atoms with Gasteiger partial charge >= 0.3 is 133 Å². The molecule has 0 spiro atoms. The van der Waals surface area contributed by atoms with E-state index in [2.05, 4.69) is 48.4 Å². The van der Waals surface area contributed by atoms with Gasteiger partial charge in [-0.25, -0.2) is 4.79 Å². The van der Waals surface area contributed by atoms with Gasteiger partial charge in [0.15, 0.2) is 0 Å². The summed E-state index contributed by atoms with van der Waals surface area (Å²) in [7, 11) is 5.11. The molecule has 0 radical (unpaired) electrons. The molecule has 0 saturated heterocycles. The van der Waals surface area contributed by atoms with Crippen LogP contribution in [0.15, 0.2) is 0 Å². The predicted molar refractivity (Wildman–Crippen MR) is 138 cm³/mol. The third kappa shape index (κ3) is 37.5. The number of carbonyl (C=O) groups is 6. The number of carboxylic acid groups (broad SMARTS) is 5. The zero-order chi connectivity index (χ0) is 28.7. The predicted octanol–water partition coefficient (Wildman–Crippen LogP) is -7.80. The van der Waals surface area contributed by atoms with Gasteiger partial charge < -0.3 is 65.9 Å². The van der Waals surface area contributed by atoms with Crippen molar-refractivity contribution in [2.75, 3.05) is 11.5 Å². The van der Waals surface area contributed by atoms with Gasteiger partial charge in [-0.2, -0.15) is 25.3 Å². The van der Waals surface area contributed by atoms with E-state index in [4.69, 9.17) is 42.7 Å². The van der Waals surface area contributed by atoms with Gasteiger partial charge in [0.05, 0.1) is 0 Å². The minimum absolute atomic E-state index is 0. The van der Waals surface area contributed by atoms with E-state index in [1.807, 2.05) is 0 Å². The molecule has 0 aliphatic rings. The first-order chi connectivity index (χ1) is 16.1. The summed E-state index contributed by atoms with van der Waals surface area (Å²) < 4.78 is 0. The maximum absolute atomic E-state index is 11.2. The molecular weight excluding hydrogens is 628 g/mol. The standard InChI is InChI=1S/C8H14N2O5S.C5H9NO4.C3H7NO2S.2K.H3P2/c9-4(7(12)13)1-2-6(11)10-5(3-16)8(14)15;6-3(5(9)10)1-2-4(7)8;4-2(1-7)3(5)6;;;1-2/h4-5,16H,1-3,9H2,(H,10,11)(H,12,13)(H,14,15);3H,1-2,6H2,(H,7,8)(H,9,10);2,7H,1,4H2,(H,5,6);;;1H,2H2/q;;;2*+1;-1/t4-,5-;3-;2-;;;/m000.../s1. The van der Waals surface area contributed by atoms with E-state index in [9.17, 15) is 28.8 Å². The summed E-state index contributed by atoms with van der Waals surface area (Å²) in [5, 5.41) is 43.5. The molecule has 12 N–H and O–H groups in total. The van der Waals surface area contributed by atoms with Crippen LogP contribution in [0.5, 0.6) is 0 Å². The second-order valence-electron chi connectivity index (χ2n) is 6.13. The number of nitrogens with one attached hydrogen (secondary N) is 1. The van der Waals surface area contributed by atoms with E-state index in [0.717, 1.165) is 0 Å². The Balaban J connectivity index is -0.0000000989. The van der Waals surface area contributed by atoms with Gasteiger partial charge in [0.2, 0.25) is 5.91 Å². The number of carbonyl (C=O) groups excluding carboxylic acids is 1. The second kappa shape index (κ2) is 33.7.